The van der Waals surface area contributed by atoms with Crippen LogP contribution in [0.3, 0.4) is 0 Å². The number of benzene rings is 3. The zero-order chi connectivity index (χ0) is 30.2. The number of likely N-dealkylation sites (N-methyl/N-ethyl adjacent to an activating group) is 1. The molecule has 3 rings (SSSR count). The lowest BCUT2D eigenvalue weighted by Crippen LogP contribution is -2.50. The largest absolute Gasteiger partial charge is 0.518 e. The Labute approximate surface area is 246 Å². The van der Waals surface area contributed by atoms with Crippen molar-refractivity contribution in [1.29, 1.82) is 0 Å². The van der Waals surface area contributed by atoms with E-state index in [0.717, 1.165) is 16.7 Å². The standard InChI is InChI=1S/C34H44N2O4Si/c1-25(2)26(3)32(38)36(4)30(33(39)40-41(5,6)7)23-24-31(37)35-34(27-17-11-8-12-18-27,28-19-13-9-14-20-28)29-21-15-10-16-22-29/h8-22,25-26,30H,23-24H2,1-7H3,(H,35,37)/t26-,30-/m0/s1. The maximum atomic E-state index is 13.9. The molecule has 0 aliphatic heterocycles. The molecule has 0 heterocycles. The Hall–Kier alpha value is -3.71. The minimum atomic E-state index is -2.23. The van der Waals surface area contributed by atoms with Crippen molar-refractivity contribution >= 4 is 26.1 Å². The Balaban J connectivity index is 1.97. The summed E-state index contributed by atoms with van der Waals surface area (Å²) in [6.07, 6.45) is 0.185. The second kappa shape index (κ2) is 13.8. The third kappa shape index (κ3) is 7.94. The van der Waals surface area contributed by atoms with Crippen LogP contribution in [0.15, 0.2) is 91.0 Å². The second-order valence-corrected chi connectivity index (χ2v) is 16.4. The summed E-state index contributed by atoms with van der Waals surface area (Å²) in [7, 11) is -0.591. The average Bonchev–Trinajstić information content (AvgIpc) is 2.95. The number of carbonyl (C=O) groups excluding carboxylic acids is 3. The van der Waals surface area contributed by atoms with Crippen molar-refractivity contribution in [3.63, 3.8) is 0 Å². The first-order valence-corrected chi connectivity index (χ1v) is 17.7. The molecule has 41 heavy (non-hydrogen) atoms. The minimum Gasteiger partial charge on any atom is -0.518 e. The van der Waals surface area contributed by atoms with Crippen molar-refractivity contribution in [2.24, 2.45) is 11.8 Å². The van der Waals surface area contributed by atoms with E-state index in [1.807, 2.05) is 131 Å². The van der Waals surface area contributed by atoms with Crippen molar-refractivity contribution < 1.29 is 18.8 Å². The third-order valence-electron chi connectivity index (χ3n) is 7.48. The molecule has 0 fully saturated rings. The molecule has 7 heteroatoms. The van der Waals surface area contributed by atoms with E-state index in [9.17, 15) is 14.4 Å². The van der Waals surface area contributed by atoms with Gasteiger partial charge in [-0.3, -0.25) is 14.4 Å². The van der Waals surface area contributed by atoms with E-state index in [1.165, 1.54) is 4.90 Å². The fraction of sp³-hybridized carbons (Fsp3) is 0.382. The Kier molecular flexibility index (Phi) is 10.7. The molecule has 6 nitrogen and oxygen atoms in total. The van der Waals surface area contributed by atoms with Gasteiger partial charge in [-0.2, -0.15) is 0 Å². The summed E-state index contributed by atoms with van der Waals surface area (Å²) in [5.41, 5.74) is 1.79. The smallest absolute Gasteiger partial charge is 0.315 e. The van der Waals surface area contributed by atoms with E-state index in [2.05, 4.69) is 5.32 Å². The lowest BCUT2D eigenvalue weighted by Gasteiger charge is -2.37. The van der Waals surface area contributed by atoms with Crippen LogP contribution in [0.25, 0.3) is 0 Å². The molecule has 1 N–H and O–H groups in total. The fourth-order valence-electron chi connectivity index (χ4n) is 4.92. The summed E-state index contributed by atoms with van der Waals surface area (Å²) in [6, 6.07) is 28.8. The number of hydrogen-bond acceptors (Lipinski definition) is 4. The highest BCUT2D eigenvalue weighted by atomic mass is 28.4. The molecule has 2 amide bonds. The van der Waals surface area contributed by atoms with Crippen LogP contribution in [0, 0.1) is 11.8 Å². The number of nitrogens with zero attached hydrogens (tertiary/aromatic N) is 1. The highest BCUT2D eigenvalue weighted by molar-refractivity contribution is 6.71. The zero-order valence-corrected chi connectivity index (χ0v) is 26.4. The molecule has 0 radical (unpaired) electrons. The Morgan fingerprint density at radius 1 is 0.780 bits per heavy atom. The molecular weight excluding hydrogens is 528 g/mol. The molecule has 0 aromatic heterocycles. The van der Waals surface area contributed by atoms with E-state index in [4.69, 9.17) is 4.43 Å². The topological polar surface area (TPSA) is 75.7 Å². The van der Waals surface area contributed by atoms with Crippen LogP contribution in [-0.4, -0.2) is 44.1 Å². The molecule has 3 aromatic carbocycles. The monoisotopic (exact) mass is 572 g/mol. The zero-order valence-electron chi connectivity index (χ0n) is 25.4. The number of nitrogens with one attached hydrogen (secondary N) is 1. The molecule has 0 saturated carbocycles. The van der Waals surface area contributed by atoms with Crippen LogP contribution in [0.4, 0.5) is 0 Å². The van der Waals surface area contributed by atoms with E-state index in [1.54, 1.807) is 7.05 Å². The van der Waals surface area contributed by atoms with Crippen molar-refractivity contribution in [3.05, 3.63) is 108 Å². The van der Waals surface area contributed by atoms with E-state index >= 15 is 0 Å². The Bertz CT molecular complexity index is 1190. The summed E-state index contributed by atoms with van der Waals surface area (Å²) >= 11 is 0. The van der Waals surface area contributed by atoms with Crippen LogP contribution < -0.4 is 5.32 Å². The summed E-state index contributed by atoms with van der Waals surface area (Å²) in [4.78, 5) is 41.9. The van der Waals surface area contributed by atoms with Crippen LogP contribution >= 0.6 is 0 Å². The molecule has 2 atom stereocenters. The van der Waals surface area contributed by atoms with Gasteiger partial charge in [-0.15, -0.1) is 0 Å². The lowest BCUT2D eigenvalue weighted by molar-refractivity contribution is -0.150. The summed E-state index contributed by atoms with van der Waals surface area (Å²) < 4.78 is 5.83. The predicted octanol–water partition coefficient (Wildman–Crippen LogP) is 6.37. The highest BCUT2D eigenvalue weighted by Crippen LogP contribution is 2.37. The van der Waals surface area contributed by atoms with Crippen molar-refractivity contribution in [3.8, 4) is 0 Å². The molecule has 0 aliphatic carbocycles. The number of amides is 2. The number of hydrogen-bond donors (Lipinski definition) is 1. The van der Waals surface area contributed by atoms with Gasteiger partial charge in [0.05, 0.1) is 0 Å². The molecule has 218 valence electrons. The molecule has 0 bridgehead atoms. The maximum Gasteiger partial charge on any atom is 0.315 e. The maximum absolute atomic E-state index is 13.9. The van der Waals surface area contributed by atoms with Crippen LogP contribution in [0.5, 0.6) is 0 Å². The molecule has 0 aliphatic rings. The van der Waals surface area contributed by atoms with Crippen molar-refractivity contribution in [2.45, 2.75) is 64.8 Å². The van der Waals surface area contributed by atoms with Gasteiger partial charge >= 0.3 is 5.97 Å². The minimum absolute atomic E-state index is 0.0351. The SMILES string of the molecule is CC(C)[C@H](C)C(=O)N(C)[C@@H](CCC(=O)NC(c1ccccc1)(c1ccccc1)c1ccccc1)C(=O)O[Si](C)(C)C. The van der Waals surface area contributed by atoms with E-state index in [-0.39, 0.29) is 36.5 Å². The lowest BCUT2D eigenvalue weighted by atomic mass is 9.77. The molecular formula is C34H44N2O4Si. The first-order chi connectivity index (χ1) is 19.4. The van der Waals surface area contributed by atoms with Crippen LogP contribution in [0.1, 0.15) is 50.3 Å². The first kappa shape index (κ1) is 31.8. The third-order valence-corrected chi connectivity index (χ3v) is 8.29. The van der Waals surface area contributed by atoms with Gasteiger partial charge < -0.3 is 14.6 Å². The molecule has 0 saturated heterocycles. The van der Waals surface area contributed by atoms with Crippen molar-refractivity contribution in [2.75, 3.05) is 7.05 Å². The van der Waals surface area contributed by atoms with Gasteiger partial charge in [-0.1, -0.05) is 112 Å². The fourth-order valence-corrected chi connectivity index (χ4v) is 5.66. The second-order valence-electron chi connectivity index (χ2n) is 12.0. The Morgan fingerprint density at radius 3 is 1.56 bits per heavy atom. The van der Waals surface area contributed by atoms with Gasteiger partial charge in [-0.05, 0) is 48.7 Å². The summed E-state index contributed by atoms with van der Waals surface area (Å²) in [5, 5.41) is 3.35. The summed E-state index contributed by atoms with van der Waals surface area (Å²) in [6.45, 7) is 11.6. The highest BCUT2D eigenvalue weighted by Gasteiger charge is 2.39. The van der Waals surface area contributed by atoms with Crippen molar-refractivity contribution in [1.82, 2.24) is 10.2 Å². The Morgan fingerprint density at radius 2 is 1.20 bits per heavy atom. The normalized spacial score (nSPS) is 13.3. The van der Waals surface area contributed by atoms with Gasteiger partial charge in [0.1, 0.15) is 11.6 Å². The molecule has 0 spiro atoms. The van der Waals surface area contributed by atoms with Gasteiger partial charge in [0, 0.05) is 19.4 Å². The van der Waals surface area contributed by atoms with Gasteiger partial charge in [0.15, 0.2) is 0 Å². The average molecular weight is 573 g/mol. The van der Waals surface area contributed by atoms with Gasteiger partial charge in [0.25, 0.3) is 0 Å². The predicted molar refractivity (Wildman–Crippen MR) is 167 cm³/mol. The number of rotatable bonds is 12. The quantitative estimate of drug-likeness (QED) is 0.202. The van der Waals surface area contributed by atoms with Crippen LogP contribution in [0.2, 0.25) is 19.6 Å². The van der Waals surface area contributed by atoms with Crippen LogP contribution in [-0.2, 0) is 24.3 Å². The van der Waals surface area contributed by atoms with Gasteiger partial charge in [0.2, 0.25) is 20.1 Å². The first-order valence-electron chi connectivity index (χ1n) is 14.3. The van der Waals surface area contributed by atoms with E-state index in [0.29, 0.717) is 0 Å². The van der Waals surface area contributed by atoms with Gasteiger partial charge in [-0.25, -0.2) is 0 Å². The molecule has 0 unspecified atom stereocenters. The number of carbonyl (C=O) groups is 3. The van der Waals surface area contributed by atoms with E-state index < -0.39 is 25.9 Å². The summed E-state index contributed by atoms with van der Waals surface area (Å²) in [5.74, 6) is -0.970. The molecule has 3 aromatic rings.